The third-order valence-corrected chi connectivity index (χ3v) is 4.28. The third-order valence-electron chi connectivity index (χ3n) is 4.28. The number of aromatic nitrogens is 1. The molecule has 0 N–H and O–H groups in total. The van der Waals surface area contributed by atoms with Crippen molar-refractivity contribution in [3.8, 4) is 5.75 Å². The topological polar surface area (TPSA) is 81.9 Å². The molecule has 0 aliphatic carbocycles. The summed E-state index contributed by atoms with van der Waals surface area (Å²) in [5.41, 5.74) is 0.256. The summed E-state index contributed by atoms with van der Waals surface area (Å²) in [6, 6.07) is 9.32. The van der Waals surface area contributed by atoms with Gasteiger partial charge in [-0.15, -0.1) is 0 Å². The van der Waals surface area contributed by atoms with Crippen LogP contribution in [-0.2, 0) is 16.1 Å². The number of rotatable bonds is 6. The Kier molecular flexibility index (Phi) is 5.88. The van der Waals surface area contributed by atoms with Gasteiger partial charge in [0.05, 0.1) is 12.5 Å². The van der Waals surface area contributed by atoms with Crippen LogP contribution in [-0.4, -0.2) is 41.5 Å². The molecule has 2 heterocycles. The lowest BCUT2D eigenvalue weighted by Gasteiger charge is -2.30. The van der Waals surface area contributed by atoms with E-state index in [1.165, 1.54) is 6.26 Å². The quantitative estimate of drug-likeness (QED) is 0.739. The van der Waals surface area contributed by atoms with E-state index < -0.39 is 0 Å². The number of para-hydroxylation sites is 1. The highest BCUT2D eigenvalue weighted by Gasteiger charge is 2.29. The van der Waals surface area contributed by atoms with E-state index in [0.29, 0.717) is 44.2 Å². The number of carbonyl (C=O) groups is 2. The Balaban J connectivity index is 1.51. The van der Waals surface area contributed by atoms with Crippen LogP contribution in [0.25, 0.3) is 0 Å². The average molecular weight is 358 g/mol. The Labute approximate surface area is 151 Å². The molecule has 3 rings (SSSR count). The molecule has 1 amide bonds. The highest BCUT2D eigenvalue weighted by atomic mass is 16.5. The zero-order valence-corrected chi connectivity index (χ0v) is 14.7. The van der Waals surface area contributed by atoms with Gasteiger partial charge in [-0.1, -0.05) is 18.2 Å². The Morgan fingerprint density at radius 3 is 2.65 bits per heavy atom. The summed E-state index contributed by atoms with van der Waals surface area (Å²) < 4.78 is 15.9. The van der Waals surface area contributed by atoms with E-state index >= 15 is 0 Å². The number of carbonyl (C=O) groups excluding carboxylic acids is 2. The fraction of sp³-hybridized carbons (Fsp3) is 0.421. The highest BCUT2D eigenvalue weighted by Crippen LogP contribution is 2.20. The minimum Gasteiger partial charge on any atom is -0.484 e. The predicted molar refractivity (Wildman–Crippen MR) is 92.5 cm³/mol. The molecular weight excluding hydrogens is 336 g/mol. The number of esters is 1. The van der Waals surface area contributed by atoms with Crippen LogP contribution in [0.15, 0.2) is 41.0 Å². The van der Waals surface area contributed by atoms with E-state index in [1.807, 2.05) is 30.3 Å². The van der Waals surface area contributed by atoms with E-state index in [-0.39, 0.29) is 30.1 Å². The standard InChI is InChI=1S/C19H22N2O5/c1-2-24-19(23)14-8-10-21(11-9-14)18(22)16-12-26-17(20-16)13-25-15-6-4-3-5-7-15/h3-7,12,14H,2,8-11,13H2,1H3. The minimum absolute atomic E-state index is 0.133. The van der Waals surface area contributed by atoms with Gasteiger partial charge in [0.2, 0.25) is 5.89 Å². The van der Waals surface area contributed by atoms with Gasteiger partial charge in [-0.05, 0) is 31.9 Å². The summed E-state index contributed by atoms with van der Waals surface area (Å²) >= 11 is 0. The molecule has 0 spiro atoms. The first kappa shape index (κ1) is 18.0. The molecule has 1 aliphatic rings. The zero-order valence-electron chi connectivity index (χ0n) is 14.7. The first-order valence-corrected chi connectivity index (χ1v) is 8.75. The second-order valence-electron chi connectivity index (χ2n) is 6.05. The first-order chi connectivity index (χ1) is 12.7. The van der Waals surface area contributed by atoms with Crippen LogP contribution >= 0.6 is 0 Å². The van der Waals surface area contributed by atoms with Crippen molar-refractivity contribution in [3.05, 3.63) is 48.2 Å². The molecule has 1 aliphatic heterocycles. The van der Waals surface area contributed by atoms with Gasteiger partial charge in [0, 0.05) is 13.1 Å². The number of ether oxygens (including phenoxy) is 2. The Hall–Kier alpha value is -2.83. The largest absolute Gasteiger partial charge is 0.484 e. The number of benzene rings is 1. The number of likely N-dealkylation sites (tertiary alicyclic amines) is 1. The maximum absolute atomic E-state index is 12.5. The lowest BCUT2D eigenvalue weighted by molar-refractivity contribution is -0.149. The highest BCUT2D eigenvalue weighted by molar-refractivity contribution is 5.92. The van der Waals surface area contributed by atoms with E-state index in [1.54, 1.807) is 11.8 Å². The molecule has 0 unspecified atom stereocenters. The first-order valence-electron chi connectivity index (χ1n) is 8.75. The number of amides is 1. The normalized spacial score (nSPS) is 14.9. The summed E-state index contributed by atoms with van der Waals surface area (Å²) in [7, 11) is 0. The van der Waals surface area contributed by atoms with Gasteiger partial charge in [0.1, 0.15) is 12.0 Å². The molecule has 7 heteroatoms. The maximum Gasteiger partial charge on any atom is 0.309 e. The number of nitrogens with zero attached hydrogens (tertiary/aromatic N) is 2. The molecular formula is C19H22N2O5. The van der Waals surface area contributed by atoms with Crippen molar-refractivity contribution in [1.82, 2.24) is 9.88 Å². The fourth-order valence-corrected chi connectivity index (χ4v) is 2.88. The van der Waals surface area contributed by atoms with Crippen molar-refractivity contribution in [3.63, 3.8) is 0 Å². The zero-order chi connectivity index (χ0) is 18.4. The molecule has 2 aromatic rings. The average Bonchev–Trinajstić information content (AvgIpc) is 3.16. The van der Waals surface area contributed by atoms with Crippen LogP contribution in [0.2, 0.25) is 0 Å². The van der Waals surface area contributed by atoms with Crippen LogP contribution < -0.4 is 4.74 Å². The van der Waals surface area contributed by atoms with E-state index in [9.17, 15) is 9.59 Å². The number of oxazole rings is 1. The SMILES string of the molecule is CCOC(=O)C1CCN(C(=O)c2coc(COc3ccccc3)n2)CC1. The Morgan fingerprint density at radius 2 is 1.96 bits per heavy atom. The molecule has 0 saturated carbocycles. The molecule has 1 saturated heterocycles. The molecule has 7 nitrogen and oxygen atoms in total. The summed E-state index contributed by atoms with van der Waals surface area (Å²) in [5, 5.41) is 0. The van der Waals surface area contributed by atoms with Crippen molar-refractivity contribution in [1.29, 1.82) is 0 Å². The molecule has 1 fully saturated rings. The number of hydrogen-bond donors (Lipinski definition) is 0. The molecule has 0 radical (unpaired) electrons. The van der Waals surface area contributed by atoms with Crippen molar-refractivity contribution >= 4 is 11.9 Å². The Bertz CT molecular complexity index is 735. The molecule has 138 valence electrons. The Morgan fingerprint density at radius 1 is 1.23 bits per heavy atom. The lowest BCUT2D eigenvalue weighted by Crippen LogP contribution is -2.40. The van der Waals surface area contributed by atoms with Gasteiger partial charge < -0.3 is 18.8 Å². The smallest absolute Gasteiger partial charge is 0.309 e. The molecule has 1 aromatic carbocycles. The van der Waals surface area contributed by atoms with Crippen LogP contribution in [0.3, 0.4) is 0 Å². The lowest BCUT2D eigenvalue weighted by atomic mass is 9.97. The second-order valence-corrected chi connectivity index (χ2v) is 6.05. The fourth-order valence-electron chi connectivity index (χ4n) is 2.88. The van der Waals surface area contributed by atoms with Gasteiger partial charge >= 0.3 is 5.97 Å². The van der Waals surface area contributed by atoms with Crippen LogP contribution in [0, 0.1) is 5.92 Å². The van der Waals surface area contributed by atoms with Gasteiger partial charge in [-0.2, -0.15) is 0 Å². The molecule has 0 bridgehead atoms. The maximum atomic E-state index is 12.5. The number of hydrogen-bond acceptors (Lipinski definition) is 6. The van der Waals surface area contributed by atoms with E-state index in [0.717, 1.165) is 0 Å². The van der Waals surface area contributed by atoms with E-state index in [2.05, 4.69) is 4.98 Å². The van der Waals surface area contributed by atoms with Crippen molar-refractivity contribution in [2.24, 2.45) is 5.92 Å². The van der Waals surface area contributed by atoms with Gasteiger partial charge in [0.15, 0.2) is 12.3 Å². The molecule has 1 aromatic heterocycles. The van der Waals surface area contributed by atoms with Crippen LogP contribution in [0.5, 0.6) is 5.75 Å². The summed E-state index contributed by atoms with van der Waals surface area (Å²) in [4.78, 5) is 30.2. The van der Waals surface area contributed by atoms with Gasteiger partial charge in [0.25, 0.3) is 5.91 Å². The van der Waals surface area contributed by atoms with Crippen molar-refractivity contribution in [2.45, 2.75) is 26.4 Å². The molecule has 26 heavy (non-hydrogen) atoms. The van der Waals surface area contributed by atoms with Crippen molar-refractivity contribution in [2.75, 3.05) is 19.7 Å². The summed E-state index contributed by atoms with van der Waals surface area (Å²) in [6.07, 6.45) is 2.56. The monoisotopic (exact) mass is 358 g/mol. The molecule has 0 atom stereocenters. The number of piperidine rings is 1. The predicted octanol–water partition coefficient (Wildman–Crippen LogP) is 2.67. The van der Waals surface area contributed by atoms with Gasteiger partial charge in [-0.25, -0.2) is 4.98 Å². The summed E-state index contributed by atoms with van der Waals surface area (Å²) in [5.74, 6) is 0.549. The second kappa shape index (κ2) is 8.51. The third kappa shape index (κ3) is 4.41. The van der Waals surface area contributed by atoms with Crippen LogP contribution in [0.4, 0.5) is 0 Å². The van der Waals surface area contributed by atoms with Gasteiger partial charge in [-0.3, -0.25) is 9.59 Å². The van der Waals surface area contributed by atoms with Crippen molar-refractivity contribution < 1.29 is 23.5 Å². The van der Waals surface area contributed by atoms with E-state index in [4.69, 9.17) is 13.9 Å². The summed E-state index contributed by atoms with van der Waals surface area (Å²) in [6.45, 7) is 3.34. The van der Waals surface area contributed by atoms with Crippen LogP contribution in [0.1, 0.15) is 36.1 Å². The minimum atomic E-state index is -0.193.